The van der Waals surface area contributed by atoms with Crippen molar-refractivity contribution in [2.75, 3.05) is 30.1 Å². The van der Waals surface area contributed by atoms with E-state index in [0.29, 0.717) is 42.1 Å². The molecule has 0 aliphatic heterocycles. The molecule has 206 valence electrons. The zero-order valence-corrected chi connectivity index (χ0v) is 23.3. The van der Waals surface area contributed by atoms with Crippen molar-refractivity contribution in [3.8, 4) is 11.5 Å². The van der Waals surface area contributed by atoms with Gasteiger partial charge in [-0.15, -0.1) is 0 Å². The van der Waals surface area contributed by atoms with E-state index in [1.807, 2.05) is 6.92 Å². The number of ether oxygens (including phenoxy) is 3. The number of methoxy groups -OCH3 is 1. The molecule has 5 N–H and O–H groups in total. The number of nitrogens with one attached hydrogen (secondary N) is 2. The monoisotopic (exact) mass is 597 g/mol. The highest BCUT2D eigenvalue weighted by Crippen LogP contribution is 2.34. The molecule has 0 unspecified atom stereocenters. The van der Waals surface area contributed by atoms with Crippen molar-refractivity contribution >= 4 is 45.0 Å². The van der Waals surface area contributed by atoms with Crippen LogP contribution in [-0.2, 0) is 14.3 Å². The largest absolute Gasteiger partial charge is 0.504 e. The Morgan fingerprint density at radius 1 is 1.08 bits per heavy atom. The number of allylic oxidation sites excluding steroid dienone is 1. The second-order valence-electron chi connectivity index (χ2n) is 8.44. The molecule has 10 heteroatoms. The van der Waals surface area contributed by atoms with Gasteiger partial charge >= 0.3 is 6.09 Å². The van der Waals surface area contributed by atoms with Crippen LogP contribution in [0.25, 0.3) is 0 Å². The fourth-order valence-electron chi connectivity index (χ4n) is 3.81. The molecule has 9 nitrogen and oxygen atoms in total. The van der Waals surface area contributed by atoms with Crippen molar-refractivity contribution in [1.82, 2.24) is 0 Å². The summed E-state index contributed by atoms with van der Waals surface area (Å²) in [4.78, 5) is 25.2. The number of rotatable bonds is 12. The number of carbonyl (C=O) groups is 2. The first-order valence-electron chi connectivity index (χ1n) is 12.3. The zero-order chi connectivity index (χ0) is 28.2. The third kappa shape index (κ3) is 9.05. The van der Waals surface area contributed by atoms with Crippen LogP contribution in [0.1, 0.15) is 31.4 Å². The fourth-order valence-corrected chi connectivity index (χ4v) is 4.08. The Hall–Kier alpha value is -4.02. The lowest BCUT2D eigenvalue weighted by atomic mass is 9.99. The van der Waals surface area contributed by atoms with E-state index in [0.717, 1.165) is 4.47 Å². The smallest absolute Gasteiger partial charge is 0.412 e. The molecule has 0 fully saturated rings. The molecular formula is C29H32BrN3O6. The SMILES string of the molecule is CCO[C@H](CC/C=C/C(=O)Nc1ccccc1N)[C@H](OC(=O)Nc1ccc(Br)cc1)c1ccc(OC)c(O)c1. The highest BCUT2D eigenvalue weighted by molar-refractivity contribution is 9.10. The number of hydrogen-bond donors (Lipinski definition) is 4. The Morgan fingerprint density at radius 2 is 1.82 bits per heavy atom. The number of carbonyl (C=O) groups excluding carboxylic acids is 2. The first-order valence-corrected chi connectivity index (χ1v) is 13.1. The predicted octanol–water partition coefficient (Wildman–Crippen LogP) is 6.42. The number of halogens is 1. The summed E-state index contributed by atoms with van der Waals surface area (Å²) < 4.78 is 17.8. The molecule has 2 atom stereocenters. The molecule has 0 saturated heterocycles. The highest BCUT2D eigenvalue weighted by Gasteiger charge is 2.28. The second-order valence-corrected chi connectivity index (χ2v) is 9.35. The first-order chi connectivity index (χ1) is 18.8. The lowest BCUT2D eigenvalue weighted by molar-refractivity contribution is -0.111. The summed E-state index contributed by atoms with van der Waals surface area (Å²) in [5, 5.41) is 15.8. The molecular weight excluding hydrogens is 566 g/mol. The quantitative estimate of drug-likeness (QED) is 0.140. The van der Waals surface area contributed by atoms with Gasteiger partial charge in [0.25, 0.3) is 0 Å². The lowest BCUT2D eigenvalue weighted by Gasteiger charge is -2.27. The molecule has 0 bridgehead atoms. The van der Waals surface area contributed by atoms with Crippen LogP contribution >= 0.6 is 15.9 Å². The summed E-state index contributed by atoms with van der Waals surface area (Å²) in [6.45, 7) is 2.20. The third-order valence-electron chi connectivity index (χ3n) is 5.68. The highest BCUT2D eigenvalue weighted by atomic mass is 79.9. The number of para-hydroxylation sites is 2. The molecule has 2 amide bonds. The topological polar surface area (TPSA) is 132 Å². The summed E-state index contributed by atoms with van der Waals surface area (Å²) in [6.07, 6.45) is 1.90. The van der Waals surface area contributed by atoms with Crippen LogP contribution in [0.2, 0.25) is 0 Å². The van der Waals surface area contributed by atoms with Crippen LogP contribution in [0.3, 0.4) is 0 Å². The normalized spacial score (nSPS) is 12.5. The standard InChI is InChI=1S/C29H32BrN3O6/c1-3-38-26(10-6-7-11-27(35)33-23-9-5-4-8-22(23)31)28(19-12-17-25(37-2)24(34)18-19)39-29(36)32-21-15-13-20(30)14-16-21/h4-5,7-9,11-18,26,28,34H,3,6,10,31H2,1-2H3,(H,32,36)(H,33,35)/b11-7+/t26-,28-/m1/s1. The molecule has 3 rings (SSSR count). The maximum atomic E-state index is 12.9. The maximum Gasteiger partial charge on any atom is 0.412 e. The van der Waals surface area contributed by atoms with E-state index in [1.54, 1.807) is 66.7 Å². The van der Waals surface area contributed by atoms with E-state index in [1.165, 1.54) is 19.3 Å². The second kappa shape index (κ2) is 14.8. The Kier molecular flexibility index (Phi) is 11.2. The Balaban J connectivity index is 1.73. The molecule has 3 aromatic carbocycles. The number of nitrogens with two attached hydrogens (primary N) is 1. The number of aromatic hydroxyl groups is 1. The maximum absolute atomic E-state index is 12.9. The molecule has 0 aliphatic rings. The van der Waals surface area contributed by atoms with Gasteiger partial charge in [-0.1, -0.05) is 40.2 Å². The van der Waals surface area contributed by atoms with E-state index >= 15 is 0 Å². The molecule has 0 spiro atoms. The van der Waals surface area contributed by atoms with Gasteiger partial charge in [-0.2, -0.15) is 0 Å². The molecule has 0 heterocycles. The minimum atomic E-state index is -0.858. The zero-order valence-electron chi connectivity index (χ0n) is 21.7. The van der Waals surface area contributed by atoms with Gasteiger partial charge in [0, 0.05) is 16.8 Å². The van der Waals surface area contributed by atoms with Crippen LogP contribution in [0, 0.1) is 0 Å². The number of nitrogen functional groups attached to an aromatic ring is 1. The van der Waals surface area contributed by atoms with Crippen LogP contribution in [0.15, 0.2) is 83.4 Å². The third-order valence-corrected chi connectivity index (χ3v) is 6.21. The summed E-state index contributed by atoms with van der Waals surface area (Å²) in [5.74, 6) is -0.121. The van der Waals surface area contributed by atoms with E-state index in [2.05, 4.69) is 26.6 Å². The van der Waals surface area contributed by atoms with Crippen molar-refractivity contribution in [2.45, 2.75) is 32.0 Å². The summed E-state index contributed by atoms with van der Waals surface area (Å²) in [6, 6.07) is 18.8. The number of benzene rings is 3. The molecule has 39 heavy (non-hydrogen) atoms. The Labute approximate surface area is 236 Å². The first kappa shape index (κ1) is 29.5. The number of phenolic OH excluding ortho intramolecular Hbond substituents is 1. The van der Waals surface area contributed by atoms with Gasteiger partial charge in [0.15, 0.2) is 17.6 Å². The number of hydrogen-bond acceptors (Lipinski definition) is 7. The molecule has 3 aromatic rings. The summed E-state index contributed by atoms with van der Waals surface area (Å²) >= 11 is 3.37. The van der Waals surface area contributed by atoms with Crippen molar-refractivity contribution in [1.29, 1.82) is 0 Å². The summed E-state index contributed by atoms with van der Waals surface area (Å²) in [5.41, 5.74) is 7.97. The van der Waals surface area contributed by atoms with Crippen LogP contribution < -0.4 is 21.1 Å². The minimum Gasteiger partial charge on any atom is -0.504 e. The van der Waals surface area contributed by atoms with Gasteiger partial charge in [-0.05, 0) is 79.9 Å². The predicted molar refractivity (Wildman–Crippen MR) is 155 cm³/mol. The van der Waals surface area contributed by atoms with E-state index in [-0.39, 0.29) is 17.4 Å². The van der Waals surface area contributed by atoms with Crippen LogP contribution in [-0.4, -0.2) is 36.9 Å². The average molecular weight is 598 g/mol. The number of phenols is 1. The van der Waals surface area contributed by atoms with Crippen molar-refractivity contribution in [3.05, 3.63) is 88.9 Å². The molecule has 0 aromatic heterocycles. The number of amides is 2. The molecule has 0 radical (unpaired) electrons. The molecule has 0 saturated carbocycles. The fraction of sp³-hybridized carbons (Fsp3) is 0.241. The van der Waals surface area contributed by atoms with Gasteiger partial charge in [0.1, 0.15) is 0 Å². The lowest BCUT2D eigenvalue weighted by Crippen LogP contribution is -2.29. The van der Waals surface area contributed by atoms with Crippen LogP contribution in [0.5, 0.6) is 11.5 Å². The number of anilines is 3. The van der Waals surface area contributed by atoms with Crippen molar-refractivity contribution in [3.63, 3.8) is 0 Å². The molecule has 0 aliphatic carbocycles. The van der Waals surface area contributed by atoms with Crippen molar-refractivity contribution in [2.24, 2.45) is 0 Å². The van der Waals surface area contributed by atoms with Gasteiger partial charge in [0.05, 0.1) is 24.6 Å². The summed E-state index contributed by atoms with van der Waals surface area (Å²) in [7, 11) is 1.45. The van der Waals surface area contributed by atoms with Gasteiger partial charge in [0.2, 0.25) is 5.91 Å². The minimum absolute atomic E-state index is 0.0936. The van der Waals surface area contributed by atoms with E-state index < -0.39 is 18.3 Å². The van der Waals surface area contributed by atoms with E-state index in [4.69, 9.17) is 19.9 Å². The Morgan fingerprint density at radius 3 is 2.49 bits per heavy atom. The Bertz CT molecular complexity index is 1280. The average Bonchev–Trinajstić information content (AvgIpc) is 2.92. The van der Waals surface area contributed by atoms with Gasteiger partial charge < -0.3 is 30.4 Å². The van der Waals surface area contributed by atoms with Gasteiger partial charge in [-0.3, -0.25) is 10.1 Å². The van der Waals surface area contributed by atoms with Crippen LogP contribution in [0.4, 0.5) is 21.9 Å². The van der Waals surface area contributed by atoms with Crippen molar-refractivity contribution < 1.29 is 28.9 Å². The van der Waals surface area contributed by atoms with Gasteiger partial charge in [-0.25, -0.2) is 4.79 Å². The van der Waals surface area contributed by atoms with E-state index in [9.17, 15) is 14.7 Å².